The van der Waals surface area contributed by atoms with Crippen LogP contribution in [-0.4, -0.2) is 29.2 Å². The maximum absolute atomic E-state index is 13.1. The number of nitrogens with zero attached hydrogens (tertiary/aromatic N) is 3. The lowest BCUT2D eigenvalue weighted by Gasteiger charge is -2.28. The summed E-state index contributed by atoms with van der Waals surface area (Å²) in [7, 11) is 0. The lowest BCUT2D eigenvalue weighted by Crippen LogP contribution is -2.37. The van der Waals surface area contributed by atoms with Crippen molar-refractivity contribution in [2.24, 2.45) is 0 Å². The molecule has 2 rings (SSSR count). The zero-order valence-corrected chi connectivity index (χ0v) is 7.86. The predicted molar refractivity (Wildman–Crippen MR) is 52.8 cm³/mol. The van der Waals surface area contributed by atoms with E-state index in [2.05, 4.69) is 9.97 Å². The van der Waals surface area contributed by atoms with Crippen molar-refractivity contribution in [1.29, 1.82) is 0 Å². The van der Waals surface area contributed by atoms with Crippen molar-refractivity contribution in [2.45, 2.75) is 19.0 Å². The molecule has 0 aliphatic carbocycles. The summed E-state index contributed by atoms with van der Waals surface area (Å²) < 4.78 is 13.1. The first kappa shape index (κ1) is 9.18. The molecule has 1 fully saturated rings. The molecule has 4 nitrogen and oxygen atoms in total. The van der Waals surface area contributed by atoms with Gasteiger partial charge in [0.1, 0.15) is 12.0 Å². The summed E-state index contributed by atoms with van der Waals surface area (Å²) in [6.07, 6.45) is 2.31. The number of halogens is 1. The second kappa shape index (κ2) is 3.77. The third-order valence-corrected chi connectivity index (χ3v) is 2.31. The molecular weight excluding hydrogens is 183 g/mol. The first-order valence-electron chi connectivity index (χ1n) is 4.73. The SMILES string of the molecule is Nc1ccnc(N2CCC[C@@H](F)C2)n1. The van der Waals surface area contributed by atoms with Crippen LogP contribution in [0.2, 0.25) is 0 Å². The number of nitrogen functional groups attached to an aromatic ring is 1. The third kappa shape index (κ3) is 1.92. The molecule has 76 valence electrons. The Labute approximate surface area is 82.0 Å². The molecule has 0 saturated carbocycles. The summed E-state index contributed by atoms with van der Waals surface area (Å²) in [4.78, 5) is 9.96. The highest BCUT2D eigenvalue weighted by atomic mass is 19.1. The molecule has 1 atom stereocenters. The van der Waals surface area contributed by atoms with E-state index in [1.165, 1.54) is 0 Å². The molecule has 0 aromatic carbocycles. The number of alkyl halides is 1. The lowest BCUT2D eigenvalue weighted by molar-refractivity contribution is 0.285. The molecule has 14 heavy (non-hydrogen) atoms. The topological polar surface area (TPSA) is 55.0 Å². The van der Waals surface area contributed by atoms with Gasteiger partial charge in [-0.2, -0.15) is 4.98 Å². The van der Waals surface area contributed by atoms with E-state index in [1.807, 2.05) is 4.90 Å². The monoisotopic (exact) mass is 196 g/mol. The van der Waals surface area contributed by atoms with Crippen molar-refractivity contribution in [3.05, 3.63) is 12.3 Å². The zero-order chi connectivity index (χ0) is 9.97. The Hall–Kier alpha value is -1.39. The van der Waals surface area contributed by atoms with E-state index in [1.54, 1.807) is 12.3 Å². The molecule has 1 aromatic rings. The van der Waals surface area contributed by atoms with Crippen LogP contribution in [0.25, 0.3) is 0 Å². The molecular formula is C9H13FN4. The first-order valence-corrected chi connectivity index (χ1v) is 4.73. The molecule has 2 heterocycles. The molecule has 0 unspecified atom stereocenters. The fourth-order valence-electron chi connectivity index (χ4n) is 1.62. The largest absolute Gasteiger partial charge is 0.384 e. The number of rotatable bonds is 1. The van der Waals surface area contributed by atoms with Gasteiger partial charge in [0, 0.05) is 12.7 Å². The molecule has 5 heteroatoms. The maximum atomic E-state index is 13.1. The quantitative estimate of drug-likeness (QED) is 0.728. The normalized spacial score (nSPS) is 22.4. The highest BCUT2D eigenvalue weighted by molar-refractivity contribution is 5.38. The van der Waals surface area contributed by atoms with E-state index in [9.17, 15) is 4.39 Å². The third-order valence-electron chi connectivity index (χ3n) is 2.31. The van der Waals surface area contributed by atoms with Crippen molar-refractivity contribution in [3.8, 4) is 0 Å². The van der Waals surface area contributed by atoms with Gasteiger partial charge >= 0.3 is 0 Å². The van der Waals surface area contributed by atoms with Gasteiger partial charge in [-0.05, 0) is 18.9 Å². The van der Waals surface area contributed by atoms with Crippen LogP contribution in [0, 0.1) is 0 Å². The highest BCUT2D eigenvalue weighted by Crippen LogP contribution is 2.17. The number of aromatic nitrogens is 2. The zero-order valence-electron chi connectivity index (χ0n) is 7.86. The molecule has 0 amide bonds. The molecule has 1 saturated heterocycles. The Morgan fingerprint density at radius 2 is 2.43 bits per heavy atom. The van der Waals surface area contributed by atoms with Crippen LogP contribution in [0.3, 0.4) is 0 Å². The minimum atomic E-state index is -0.770. The van der Waals surface area contributed by atoms with Crippen LogP contribution in [0.4, 0.5) is 16.2 Å². The van der Waals surface area contributed by atoms with Gasteiger partial charge in [-0.3, -0.25) is 0 Å². The van der Waals surface area contributed by atoms with Crippen molar-refractivity contribution < 1.29 is 4.39 Å². The Balaban J connectivity index is 2.14. The summed E-state index contributed by atoms with van der Waals surface area (Å²) >= 11 is 0. The molecule has 1 aliphatic heterocycles. The number of nitrogens with two attached hydrogens (primary N) is 1. The van der Waals surface area contributed by atoms with Gasteiger partial charge in [0.2, 0.25) is 5.95 Å². The standard InChI is InChI=1S/C9H13FN4/c10-7-2-1-5-14(6-7)9-12-4-3-8(11)13-9/h3-4,7H,1-2,5-6H2,(H2,11,12,13)/t7-/m1/s1. The molecule has 0 radical (unpaired) electrons. The van der Waals surface area contributed by atoms with Crippen molar-refractivity contribution in [1.82, 2.24) is 9.97 Å². The van der Waals surface area contributed by atoms with Crippen LogP contribution < -0.4 is 10.6 Å². The van der Waals surface area contributed by atoms with E-state index < -0.39 is 6.17 Å². The molecule has 1 aliphatic rings. The molecule has 1 aromatic heterocycles. The summed E-state index contributed by atoms with van der Waals surface area (Å²) in [6, 6.07) is 1.63. The Morgan fingerprint density at radius 1 is 1.57 bits per heavy atom. The van der Waals surface area contributed by atoms with Crippen molar-refractivity contribution >= 4 is 11.8 Å². The summed E-state index contributed by atoms with van der Waals surface area (Å²) in [5.74, 6) is 0.961. The number of hydrogen-bond acceptors (Lipinski definition) is 4. The average molecular weight is 196 g/mol. The number of anilines is 2. The van der Waals surface area contributed by atoms with Gasteiger partial charge in [-0.1, -0.05) is 0 Å². The van der Waals surface area contributed by atoms with Gasteiger partial charge in [0.15, 0.2) is 0 Å². The Bertz CT molecular complexity index is 317. The Morgan fingerprint density at radius 3 is 3.14 bits per heavy atom. The van der Waals surface area contributed by atoms with Gasteiger partial charge < -0.3 is 10.6 Å². The average Bonchev–Trinajstić information content (AvgIpc) is 2.18. The van der Waals surface area contributed by atoms with Crippen LogP contribution in [0.15, 0.2) is 12.3 Å². The molecule has 0 bridgehead atoms. The minimum Gasteiger partial charge on any atom is -0.384 e. The molecule has 2 N–H and O–H groups in total. The summed E-state index contributed by atoms with van der Waals surface area (Å²) in [5, 5.41) is 0. The van der Waals surface area contributed by atoms with Crippen LogP contribution >= 0.6 is 0 Å². The smallest absolute Gasteiger partial charge is 0.227 e. The van der Waals surface area contributed by atoms with E-state index in [0.717, 1.165) is 13.0 Å². The van der Waals surface area contributed by atoms with Gasteiger partial charge in [-0.25, -0.2) is 9.37 Å². The summed E-state index contributed by atoms with van der Waals surface area (Å²) in [5.41, 5.74) is 5.53. The van der Waals surface area contributed by atoms with Crippen molar-refractivity contribution in [2.75, 3.05) is 23.7 Å². The predicted octanol–water partition coefficient (Wildman–Crippen LogP) is 0.997. The van der Waals surface area contributed by atoms with Gasteiger partial charge in [-0.15, -0.1) is 0 Å². The van der Waals surface area contributed by atoms with E-state index >= 15 is 0 Å². The number of piperidine rings is 1. The number of hydrogen-bond donors (Lipinski definition) is 1. The van der Waals surface area contributed by atoms with E-state index in [0.29, 0.717) is 24.7 Å². The van der Waals surface area contributed by atoms with Crippen molar-refractivity contribution in [3.63, 3.8) is 0 Å². The second-order valence-corrected chi connectivity index (χ2v) is 3.47. The van der Waals surface area contributed by atoms with Crippen LogP contribution in [0.5, 0.6) is 0 Å². The fraction of sp³-hybridized carbons (Fsp3) is 0.556. The second-order valence-electron chi connectivity index (χ2n) is 3.47. The van der Waals surface area contributed by atoms with Gasteiger partial charge in [0.05, 0.1) is 6.54 Å². The Kier molecular flexibility index (Phi) is 2.47. The first-order chi connectivity index (χ1) is 6.75. The van der Waals surface area contributed by atoms with Crippen LogP contribution in [-0.2, 0) is 0 Å². The maximum Gasteiger partial charge on any atom is 0.227 e. The van der Waals surface area contributed by atoms with Gasteiger partial charge in [0.25, 0.3) is 0 Å². The molecule has 0 spiro atoms. The van der Waals surface area contributed by atoms with E-state index in [4.69, 9.17) is 5.73 Å². The van der Waals surface area contributed by atoms with E-state index in [-0.39, 0.29) is 0 Å². The lowest BCUT2D eigenvalue weighted by atomic mass is 10.1. The minimum absolute atomic E-state index is 0.378. The summed E-state index contributed by atoms with van der Waals surface area (Å²) in [6.45, 7) is 1.19. The fourth-order valence-corrected chi connectivity index (χ4v) is 1.62. The highest BCUT2D eigenvalue weighted by Gasteiger charge is 2.20. The van der Waals surface area contributed by atoms with Crippen LogP contribution in [0.1, 0.15) is 12.8 Å².